The number of fused-ring (bicyclic) bond motifs is 1. The van der Waals surface area contributed by atoms with Crippen molar-refractivity contribution in [2.75, 3.05) is 19.8 Å². The van der Waals surface area contributed by atoms with E-state index < -0.39 is 0 Å². The van der Waals surface area contributed by atoms with Gasteiger partial charge in [-0.05, 0) is 64.6 Å². The Morgan fingerprint density at radius 2 is 1.93 bits per heavy atom. The fourth-order valence-corrected chi connectivity index (χ4v) is 3.58. The summed E-state index contributed by atoms with van der Waals surface area (Å²) in [5.41, 5.74) is 3.01. The second kappa shape index (κ2) is 9.07. The lowest BCUT2D eigenvalue weighted by Gasteiger charge is -2.12. The van der Waals surface area contributed by atoms with Crippen molar-refractivity contribution in [3.8, 4) is 16.9 Å². The Morgan fingerprint density at radius 3 is 2.76 bits per heavy atom. The summed E-state index contributed by atoms with van der Waals surface area (Å²) < 4.78 is 11.2. The molecule has 5 heteroatoms. The van der Waals surface area contributed by atoms with Gasteiger partial charge in [0.25, 0.3) is 5.91 Å². The number of carbonyl (C=O) groups excluding carboxylic acids is 1. The third kappa shape index (κ3) is 4.94. The highest BCUT2D eigenvalue weighted by atomic mass is 16.5. The van der Waals surface area contributed by atoms with Crippen LogP contribution in [0.2, 0.25) is 0 Å². The lowest BCUT2D eigenvalue weighted by molar-refractivity contribution is -0.123. The molecule has 0 aliphatic carbocycles. The number of amides is 1. The van der Waals surface area contributed by atoms with Gasteiger partial charge >= 0.3 is 0 Å². The minimum Gasteiger partial charge on any atom is -0.484 e. The monoisotopic (exact) mass is 391 g/mol. The van der Waals surface area contributed by atoms with Gasteiger partial charge in [0.05, 0.1) is 12.7 Å². The Hall–Kier alpha value is -2.89. The number of carbonyl (C=O) groups is 1. The molecular weight excluding hydrogens is 366 g/mol. The van der Waals surface area contributed by atoms with Crippen LogP contribution in [0.1, 0.15) is 18.4 Å². The van der Waals surface area contributed by atoms with Crippen molar-refractivity contribution in [2.45, 2.75) is 25.6 Å². The lowest BCUT2D eigenvalue weighted by Crippen LogP contribution is -2.35. The predicted molar refractivity (Wildman–Crippen MR) is 113 cm³/mol. The van der Waals surface area contributed by atoms with Crippen molar-refractivity contribution in [3.05, 3.63) is 66.2 Å². The Balaban J connectivity index is 1.43. The predicted octanol–water partition coefficient (Wildman–Crippen LogP) is 3.67. The van der Waals surface area contributed by atoms with Crippen LogP contribution in [0, 0.1) is 0 Å². The van der Waals surface area contributed by atoms with E-state index in [0.717, 1.165) is 46.9 Å². The molecule has 1 heterocycles. The minimum atomic E-state index is -0.143. The molecule has 5 nitrogen and oxygen atoms in total. The maximum Gasteiger partial charge on any atom is 0.258 e. The number of nitrogens with one attached hydrogen (secondary N) is 1. The highest BCUT2D eigenvalue weighted by Crippen LogP contribution is 2.27. The fourth-order valence-electron chi connectivity index (χ4n) is 3.58. The van der Waals surface area contributed by atoms with E-state index in [1.54, 1.807) is 0 Å². The third-order valence-electron chi connectivity index (χ3n) is 5.18. The number of benzene rings is 3. The number of rotatable bonds is 7. The summed E-state index contributed by atoms with van der Waals surface area (Å²) in [4.78, 5) is 12.0. The molecule has 3 aromatic rings. The van der Waals surface area contributed by atoms with Crippen molar-refractivity contribution in [1.82, 2.24) is 5.32 Å². The van der Waals surface area contributed by atoms with E-state index in [0.29, 0.717) is 12.3 Å². The zero-order chi connectivity index (χ0) is 20.1. The van der Waals surface area contributed by atoms with Crippen LogP contribution < -0.4 is 10.1 Å². The summed E-state index contributed by atoms with van der Waals surface area (Å²) in [7, 11) is 0. The van der Waals surface area contributed by atoms with E-state index in [2.05, 4.69) is 23.5 Å². The standard InChI is InChI=1S/C24H25NO4/c26-15-17-3-1-4-19(11-17)20-7-6-18-8-9-22(13-21(18)12-20)29-16-24(27)25-14-23-5-2-10-28-23/h1,3-4,6-9,11-13,23,26H,2,5,10,14-16H2,(H,25,27). The van der Waals surface area contributed by atoms with Crippen molar-refractivity contribution in [1.29, 1.82) is 0 Å². The number of hydrogen-bond acceptors (Lipinski definition) is 4. The first-order valence-corrected chi connectivity index (χ1v) is 9.96. The van der Waals surface area contributed by atoms with Crippen LogP contribution in [-0.2, 0) is 16.1 Å². The van der Waals surface area contributed by atoms with Gasteiger partial charge in [-0.2, -0.15) is 0 Å². The molecule has 29 heavy (non-hydrogen) atoms. The van der Waals surface area contributed by atoms with E-state index in [1.165, 1.54) is 0 Å². The number of hydrogen-bond donors (Lipinski definition) is 2. The van der Waals surface area contributed by atoms with Crippen LogP contribution in [0.25, 0.3) is 21.9 Å². The van der Waals surface area contributed by atoms with Gasteiger partial charge < -0.3 is 19.9 Å². The molecule has 4 rings (SSSR count). The first kappa shape index (κ1) is 19.4. The van der Waals surface area contributed by atoms with Gasteiger partial charge in [-0.1, -0.05) is 36.4 Å². The number of ether oxygens (including phenoxy) is 2. The first-order chi connectivity index (χ1) is 14.2. The Bertz CT molecular complexity index is 995. The van der Waals surface area contributed by atoms with E-state index >= 15 is 0 Å². The topological polar surface area (TPSA) is 67.8 Å². The van der Waals surface area contributed by atoms with Crippen LogP contribution in [0.15, 0.2) is 60.7 Å². The van der Waals surface area contributed by atoms with E-state index in [4.69, 9.17) is 9.47 Å². The van der Waals surface area contributed by atoms with E-state index in [1.807, 2.05) is 42.5 Å². The van der Waals surface area contributed by atoms with Gasteiger partial charge in [0.1, 0.15) is 5.75 Å². The third-order valence-corrected chi connectivity index (χ3v) is 5.18. The SMILES string of the molecule is O=C(COc1ccc2ccc(-c3cccc(CO)c3)cc2c1)NCC1CCCO1. The first-order valence-electron chi connectivity index (χ1n) is 9.96. The maximum atomic E-state index is 12.0. The molecule has 150 valence electrons. The molecule has 0 radical (unpaired) electrons. The normalized spacial score (nSPS) is 16.1. The summed E-state index contributed by atoms with van der Waals surface area (Å²) in [5, 5.41) is 14.4. The Morgan fingerprint density at radius 1 is 1.07 bits per heavy atom. The molecule has 1 amide bonds. The van der Waals surface area contributed by atoms with Gasteiger partial charge in [0, 0.05) is 13.2 Å². The molecule has 0 aromatic heterocycles. The molecule has 0 saturated carbocycles. The van der Waals surface area contributed by atoms with Gasteiger partial charge in [-0.3, -0.25) is 4.79 Å². The molecule has 1 aliphatic heterocycles. The highest BCUT2D eigenvalue weighted by Gasteiger charge is 2.16. The summed E-state index contributed by atoms with van der Waals surface area (Å²) in [6, 6.07) is 19.9. The quantitative estimate of drug-likeness (QED) is 0.645. The summed E-state index contributed by atoms with van der Waals surface area (Å²) in [6.45, 7) is 1.32. The molecule has 1 atom stereocenters. The zero-order valence-corrected chi connectivity index (χ0v) is 16.3. The van der Waals surface area contributed by atoms with Crippen LogP contribution in [-0.4, -0.2) is 36.9 Å². The Labute approximate surface area is 170 Å². The highest BCUT2D eigenvalue weighted by molar-refractivity contribution is 5.88. The van der Waals surface area contributed by atoms with Crippen molar-refractivity contribution < 1.29 is 19.4 Å². The smallest absolute Gasteiger partial charge is 0.258 e. The lowest BCUT2D eigenvalue weighted by atomic mass is 10.00. The van der Waals surface area contributed by atoms with Crippen LogP contribution in [0.5, 0.6) is 5.75 Å². The summed E-state index contributed by atoms with van der Waals surface area (Å²) in [5.74, 6) is 0.515. The molecule has 3 aromatic carbocycles. The van der Waals surface area contributed by atoms with Crippen molar-refractivity contribution in [3.63, 3.8) is 0 Å². The molecule has 1 saturated heterocycles. The second-order valence-corrected chi connectivity index (χ2v) is 7.31. The molecule has 1 aliphatic rings. The minimum absolute atomic E-state index is 0.0174. The molecule has 0 bridgehead atoms. The zero-order valence-electron chi connectivity index (χ0n) is 16.3. The van der Waals surface area contributed by atoms with Gasteiger partial charge in [-0.25, -0.2) is 0 Å². The molecule has 1 fully saturated rings. The largest absolute Gasteiger partial charge is 0.484 e. The summed E-state index contributed by atoms with van der Waals surface area (Å²) >= 11 is 0. The average molecular weight is 391 g/mol. The second-order valence-electron chi connectivity index (χ2n) is 7.31. The van der Waals surface area contributed by atoms with E-state index in [9.17, 15) is 9.90 Å². The van der Waals surface area contributed by atoms with Crippen LogP contribution in [0.3, 0.4) is 0 Å². The van der Waals surface area contributed by atoms with Crippen LogP contribution in [0.4, 0.5) is 0 Å². The number of aliphatic hydroxyl groups excluding tert-OH is 1. The van der Waals surface area contributed by atoms with E-state index in [-0.39, 0.29) is 25.2 Å². The van der Waals surface area contributed by atoms with Crippen molar-refractivity contribution >= 4 is 16.7 Å². The molecule has 1 unspecified atom stereocenters. The fraction of sp³-hybridized carbons (Fsp3) is 0.292. The van der Waals surface area contributed by atoms with Gasteiger partial charge in [0.2, 0.25) is 0 Å². The van der Waals surface area contributed by atoms with Crippen LogP contribution >= 0.6 is 0 Å². The molecular formula is C24H25NO4. The van der Waals surface area contributed by atoms with Crippen molar-refractivity contribution in [2.24, 2.45) is 0 Å². The number of aliphatic hydroxyl groups is 1. The van der Waals surface area contributed by atoms with Gasteiger partial charge in [-0.15, -0.1) is 0 Å². The Kier molecular flexibility index (Phi) is 6.08. The molecule has 2 N–H and O–H groups in total. The summed E-state index contributed by atoms with van der Waals surface area (Å²) in [6.07, 6.45) is 2.18. The maximum absolute atomic E-state index is 12.0. The molecule has 0 spiro atoms. The van der Waals surface area contributed by atoms with Gasteiger partial charge in [0.15, 0.2) is 6.61 Å². The average Bonchev–Trinajstić information content (AvgIpc) is 3.29.